The average Bonchev–Trinajstić information content (AvgIpc) is 3.35. The van der Waals surface area contributed by atoms with Crippen LogP contribution in [0.2, 0.25) is 0 Å². The maximum absolute atomic E-state index is 12.6. The fraction of sp³-hybridized carbons (Fsp3) is 0.647. The van der Waals surface area contributed by atoms with Crippen LogP contribution in [-0.2, 0) is 14.3 Å². The lowest BCUT2D eigenvalue weighted by atomic mass is 9.99. The summed E-state index contributed by atoms with van der Waals surface area (Å²) in [6, 6.07) is 1.85. The first kappa shape index (κ1) is 17.7. The summed E-state index contributed by atoms with van der Waals surface area (Å²) < 4.78 is 16.2. The van der Waals surface area contributed by atoms with Crippen molar-refractivity contribution in [3.8, 4) is 5.88 Å². The molecule has 0 aromatic carbocycles. The molecule has 128 valence electrons. The Morgan fingerprint density at radius 2 is 2.17 bits per heavy atom. The highest BCUT2D eigenvalue weighted by Crippen LogP contribution is 2.42. The summed E-state index contributed by atoms with van der Waals surface area (Å²) >= 11 is 0. The van der Waals surface area contributed by atoms with Crippen molar-refractivity contribution in [2.24, 2.45) is 5.92 Å². The van der Waals surface area contributed by atoms with Crippen LogP contribution in [0.4, 0.5) is 5.69 Å². The van der Waals surface area contributed by atoms with Gasteiger partial charge in [-0.2, -0.15) is 0 Å². The predicted molar refractivity (Wildman–Crippen MR) is 87.7 cm³/mol. The van der Waals surface area contributed by atoms with Crippen molar-refractivity contribution < 1.29 is 19.0 Å². The Hall–Kier alpha value is -1.66. The number of carbonyl (C=O) groups excluding carboxylic acids is 1. The van der Waals surface area contributed by atoms with E-state index < -0.39 is 5.60 Å². The lowest BCUT2D eigenvalue weighted by Gasteiger charge is -2.28. The van der Waals surface area contributed by atoms with Crippen LogP contribution in [0.15, 0.2) is 12.3 Å². The zero-order valence-electron chi connectivity index (χ0n) is 14.3. The van der Waals surface area contributed by atoms with Crippen LogP contribution in [-0.4, -0.2) is 43.4 Å². The Morgan fingerprint density at radius 3 is 2.74 bits per heavy atom. The van der Waals surface area contributed by atoms with Gasteiger partial charge in [-0.05, 0) is 45.6 Å². The molecule has 1 heterocycles. The molecule has 1 N–H and O–H groups in total. The van der Waals surface area contributed by atoms with Crippen LogP contribution in [0, 0.1) is 12.8 Å². The lowest BCUT2D eigenvalue weighted by molar-refractivity contribution is -0.141. The molecule has 0 radical (unpaired) electrons. The molecule has 1 fully saturated rings. The molecule has 1 aliphatic rings. The first-order chi connectivity index (χ1) is 11.0. The van der Waals surface area contributed by atoms with Crippen molar-refractivity contribution >= 4 is 11.6 Å². The standard InChI is InChI=1S/C17H26N2O4/c1-5-23-17(3,13-6-7-13)16(20)19-14-10-12(2)15(18-11-14)22-9-8-21-4/h10-11,13H,5-9H2,1-4H3,(H,19,20)/t17-/m0/s1. The molecule has 0 saturated heterocycles. The Bertz CT molecular complexity index is 545. The summed E-state index contributed by atoms with van der Waals surface area (Å²) in [6.07, 6.45) is 3.67. The van der Waals surface area contributed by atoms with Gasteiger partial charge in [-0.3, -0.25) is 4.79 Å². The second-order valence-electron chi connectivity index (χ2n) is 5.96. The number of nitrogens with zero attached hydrogens (tertiary/aromatic N) is 1. The molecular weight excluding hydrogens is 296 g/mol. The van der Waals surface area contributed by atoms with E-state index in [0.717, 1.165) is 18.4 Å². The van der Waals surface area contributed by atoms with Crippen LogP contribution < -0.4 is 10.1 Å². The van der Waals surface area contributed by atoms with Crippen molar-refractivity contribution in [3.63, 3.8) is 0 Å². The monoisotopic (exact) mass is 322 g/mol. The van der Waals surface area contributed by atoms with Gasteiger partial charge < -0.3 is 19.5 Å². The van der Waals surface area contributed by atoms with Crippen LogP contribution in [0.25, 0.3) is 0 Å². The molecule has 1 atom stereocenters. The number of rotatable bonds is 9. The molecule has 1 aliphatic carbocycles. The van der Waals surface area contributed by atoms with E-state index in [-0.39, 0.29) is 5.91 Å². The Morgan fingerprint density at radius 1 is 1.43 bits per heavy atom. The van der Waals surface area contributed by atoms with Crippen molar-refractivity contribution in [2.75, 3.05) is 32.2 Å². The van der Waals surface area contributed by atoms with Gasteiger partial charge in [0.2, 0.25) is 5.88 Å². The van der Waals surface area contributed by atoms with Crippen LogP contribution >= 0.6 is 0 Å². The van der Waals surface area contributed by atoms with Gasteiger partial charge in [0.15, 0.2) is 0 Å². The van der Waals surface area contributed by atoms with Gasteiger partial charge in [-0.25, -0.2) is 4.98 Å². The molecule has 23 heavy (non-hydrogen) atoms. The van der Waals surface area contributed by atoms with Crippen molar-refractivity contribution in [1.82, 2.24) is 4.98 Å². The average molecular weight is 322 g/mol. The van der Waals surface area contributed by atoms with Gasteiger partial charge in [-0.15, -0.1) is 0 Å². The Balaban J connectivity index is 2.01. The molecule has 1 aromatic rings. The van der Waals surface area contributed by atoms with Crippen molar-refractivity contribution in [3.05, 3.63) is 17.8 Å². The molecule has 2 rings (SSSR count). The van der Waals surface area contributed by atoms with E-state index in [0.29, 0.717) is 37.3 Å². The highest BCUT2D eigenvalue weighted by molar-refractivity contribution is 5.97. The van der Waals surface area contributed by atoms with E-state index in [1.807, 2.05) is 26.8 Å². The maximum atomic E-state index is 12.6. The predicted octanol–water partition coefficient (Wildman–Crippen LogP) is 2.56. The fourth-order valence-electron chi connectivity index (χ4n) is 2.56. The third-order valence-corrected chi connectivity index (χ3v) is 4.07. The number of methoxy groups -OCH3 is 1. The van der Waals surface area contributed by atoms with Crippen molar-refractivity contribution in [1.29, 1.82) is 0 Å². The number of hydrogen-bond donors (Lipinski definition) is 1. The minimum absolute atomic E-state index is 0.115. The molecule has 0 aliphatic heterocycles. The highest BCUT2D eigenvalue weighted by atomic mass is 16.5. The van der Waals surface area contributed by atoms with Gasteiger partial charge >= 0.3 is 0 Å². The lowest BCUT2D eigenvalue weighted by Crippen LogP contribution is -2.44. The number of hydrogen-bond acceptors (Lipinski definition) is 5. The zero-order chi connectivity index (χ0) is 16.9. The zero-order valence-corrected chi connectivity index (χ0v) is 14.3. The second-order valence-corrected chi connectivity index (χ2v) is 5.96. The van der Waals surface area contributed by atoms with E-state index in [9.17, 15) is 4.79 Å². The van der Waals surface area contributed by atoms with Crippen LogP contribution in [0.3, 0.4) is 0 Å². The van der Waals surface area contributed by atoms with Gasteiger partial charge in [0.25, 0.3) is 5.91 Å². The van der Waals surface area contributed by atoms with Gasteiger partial charge in [-0.1, -0.05) is 0 Å². The number of carbonyl (C=O) groups is 1. The Labute approximate surface area is 137 Å². The van der Waals surface area contributed by atoms with E-state index >= 15 is 0 Å². The van der Waals surface area contributed by atoms with Gasteiger partial charge in [0.1, 0.15) is 12.2 Å². The van der Waals surface area contributed by atoms with Crippen molar-refractivity contribution in [2.45, 2.75) is 39.2 Å². The molecule has 0 spiro atoms. The summed E-state index contributed by atoms with van der Waals surface area (Å²) in [5, 5.41) is 2.92. The number of aryl methyl sites for hydroxylation is 1. The second kappa shape index (κ2) is 7.75. The van der Waals surface area contributed by atoms with E-state index in [4.69, 9.17) is 14.2 Å². The number of anilines is 1. The number of amides is 1. The maximum Gasteiger partial charge on any atom is 0.256 e. The quantitative estimate of drug-likeness (QED) is 0.708. The Kier molecular flexibility index (Phi) is 5.96. The number of aromatic nitrogens is 1. The summed E-state index contributed by atoms with van der Waals surface area (Å²) in [6.45, 7) is 7.14. The summed E-state index contributed by atoms with van der Waals surface area (Å²) in [4.78, 5) is 16.9. The number of pyridine rings is 1. The largest absolute Gasteiger partial charge is 0.475 e. The first-order valence-corrected chi connectivity index (χ1v) is 8.05. The summed E-state index contributed by atoms with van der Waals surface area (Å²) in [5.41, 5.74) is 0.748. The summed E-state index contributed by atoms with van der Waals surface area (Å²) in [5.74, 6) is 0.735. The third kappa shape index (κ3) is 4.42. The molecule has 6 nitrogen and oxygen atoms in total. The molecule has 1 aromatic heterocycles. The molecular formula is C17H26N2O4. The molecule has 1 saturated carbocycles. The first-order valence-electron chi connectivity index (χ1n) is 8.05. The molecule has 0 bridgehead atoms. The van der Waals surface area contributed by atoms with E-state index in [2.05, 4.69) is 10.3 Å². The minimum Gasteiger partial charge on any atom is -0.475 e. The normalized spacial score (nSPS) is 16.7. The van der Waals surface area contributed by atoms with E-state index in [1.165, 1.54) is 0 Å². The van der Waals surface area contributed by atoms with Crippen LogP contribution in [0.1, 0.15) is 32.3 Å². The highest BCUT2D eigenvalue weighted by Gasteiger charge is 2.48. The smallest absolute Gasteiger partial charge is 0.256 e. The van der Waals surface area contributed by atoms with E-state index in [1.54, 1.807) is 13.3 Å². The van der Waals surface area contributed by atoms with Crippen LogP contribution in [0.5, 0.6) is 5.88 Å². The number of nitrogens with one attached hydrogen (secondary N) is 1. The molecule has 0 unspecified atom stereocenters. The summed E-state index contributed by atoms with van der Waals surface area (Å²) in [7, 11) is 1.62. The number of ether oxygens (including phenoxy) is 3. The van der Waals surface area contributed by atoms with Gasteiger partial charge in [0.05, 0.1) is 18.5 Å². The molecule has 6 heteroatoms. The van der Waals surface area contributed by atoms with Gasteiger partial charge in [0, 0.05) is 19.3 Å². The fourth-order valence-corrected chi connectivity index (χ4v) is 2.56. The third-order valence-electron chi connectivity index (χ3n) is 4.07. The minimum atomic E-state index is -0.768. The topological polar surface area (TPSA) is 69.7 Å². The SMILES string of the molecule is CCO[C@](C)(C(=O)Nc1cnc(OCCOC)c(C)c1)C1CC1. The molecule has 1 amide bonds.